The predicted molar refractivity (Wildman–Crippen MR) is 122 cm³/mol. The molecule has 0 saturated carbocycles. The molecule has 0 aliphatic carbocycles. The molecule has 10 heteroatoms. The van der Waals surface area contributed by atoms with E-state index in [9.17, 15) is 14.4 Å². The van der Waals surface area contributed by atoms with Crippen LogP contribution >= 0.6 is 0 Å². The van der Waals surface area contributed by atoms with Gasteiger partial charge in [-0.25, -0.2) is 0 Å². The molecule has 0 spiro atoms. The van der Waals surface area contributed by atoms with Crippen LogP contribution in [0.4, 0.5) is 0 Å². The molecule has 0 fully saturated rings. The third-order valence-electron chi connectivity index (χ3n) is 5.70. The number of carboxylic acid groups (broad SMARTS) is 3. The molecule has 2 heterocycles. The lowest BCUT2D eigenvalue weighted by molar-refractivity contribution is -0.138. The van der Waals surface area contributed by atoms with E-state index < -0.39 is 17.9 Å². The number of hydrogen-bond acceptors (Lipinski definition) is 7. The molecule has 0 unspecified atom stereocenters. The van der Waals surface area contributed by atoms with Crippen LogP contribution in [0.25, 0.3) is 0 Å². The maximum atomic E-state index is 11.0. The first-order valence-corrected chi connectivity index (χ1v) is 11.6. The zero-order valence-electron chi connectivity index (χ0n) is 19.2. The van der Waals surface area contributed by atoms with Gasteiger partial charge in [-0.2, -0.15) is 0 Å². The van der Waals surface area contributed by atoms with Crippen LogP contribution in [0.2, 0.25) is 0 Å². The summed E-state index contributed by atoms with van der Waals surface area (Å²) >= 11 is 0. The highest BCUT2D eigenvalue weighted by atomic mass is 16.4. The van der Waals surface area contributed by atoms with Crippen molar-refractivity contribution in [1.29, 1.82) is 0 Å². The molecule has 0 saturated heterocycles. The maximum Gasteiger partial charge on any atom is 0.303 e. The minimum absolute atomic E-state index is 0.121. The highest BCUT2D eigenvalue weighted by Crippen LogP contribution is 2.11. The third-order valence-corrected chi connectivity index (χ3v) is 5.70. The molecule has 3 N–H and O–H groups in total. The molecule has 33 heavy (non-hydrogen) atoms. The topological polar surface area (TPSA) is 135 Å². The minimum Gasteiger partial charge on any atom is -0.481 e. The molecular weight excluding hydrogens is 428 g/mol. The van der Waals surface area contributed by atoms with Gasteiger partial charge in [0.1, 0.15) is 0 Å². The normalized spacial score (nSPS) is 16.6. The Morgan fingerprint density at radius 2 is 1.03 bits per heavy atom. The Labute approximate surface area is 194 Å². The van der Waals surface area contributed by atoms with Crippen LogP contribution in [-0.2, 0) is 27.5 Å². The quantitative estimate of drug-likeness (QED) is 0.418. The van der Waals surface area contributed by atoms with E-state index in [1.54, 1.807) is 0 Å². The first-order chi connectivity index (χ1) is 15.8. The van der Waals surface area contributed by atoms with Gasteiger partial charge < -0.3 is 20.2 Å². The molecule has 1 aliphatic rings. The Morgan fingerprint density at radius 1 is 0.667 bits per heavy atom. The lowest BCUT2D eigenvalue weighted by Crippen LogP contribution is -2.41. The Bertz CT molecular complexity index is 726. The van der Waals surface area contributed by atoms with Gasteiger partial charge in [-0.3, -0.25) is 29.2 Å². The van der Waals surface area contributed by atoms with Crippen molar-refractivity contribution < 1.29 is 29.7 Å². The number of hydrogen-bond donors (Lipinski definition) is 3. The van der Waals surface area contributed by atoms with Gasteiger partial charge in [0.2, 0.25) is 0 Å². The van der Waals surface area contributed by atoms with Crippen molar-refractivity contribution in [2.24, 2.45) is 0 Å². The van der Waals surface area contributed by atoms with Crippen LogP contribution in [0.1, 0.15) is 49.9 Å². The zero-order chi connectivity index (χ0) is 24.1. The lowest BCUT2D eigenvalue weighted by atomic mass is 10.2. The second kappa shape index (κ2) is 14.6. The molecule has 1 aliphatic heterocycles. The summed E-state index contributed by atoms with van der Waals surface area (Å²) in [6.07, 6.45) is 2.05. The molecule has 0 aromatic carbocycles. The third kappa shape index (κ3) is 11.7. The molecule has 2 rings (SSSR count). The number of pyridine rings is 1. The summed E-state index contributed by atoms with van der Waals surface area (Å²) < 4.78 is 0. The van der Waals surface area contributed by atoms with E-state index in [2.05, 4.69) is 14.7 Å². The summed E-state index contributed by atoms with van der Waals surface area (Å²) in [5, 5.41) is 27.0. The monoisotopic (exact) mass is 464 g/mol. The number of aromatic nitrogens is 1. The van der Waals surface area contributed by atoms with E-state index in [1.807, 2.05) is 18.2 Å². The number of rotatable bonds is 12. The van der Waals surface area contributed by atoms with Gasteiger partial charge in [-0.1, -0.05) is 6.07 Å². The standard InChI is InChI=1S/C23H36N4O6/c28-21(29)7-2-10-25-13-15-26(11-3-8-22(30)31)17-19-5-1-6-20(24-19)18-27(16-14-25)12-4-9-23(32)33/h1,5-6H,2-4,7-18H2,(H,28,29)(H,30,31)(H,32,33). The molecule has 10 nitrogen and oxygen atoms in total. The van der Waals surface area contributed by atoms with Gasteiger partial charge in [0, 0.05) is 58.5 Å². The molecule has 2 bridgehead atoms. The maximum absolute atomic E-state index is 11.0. The van der Waals surface area contributed by atoms with Gasteiger partial charge in [0.25, 0.3) is 0 Å². The van der Waals surface area contributed by atoms with E-state index in [1.165, 1.54) is 0 Å². The van der Waals surface area contributed by atoms with Crippen molar-refractivity contribution >= 4 is 17.9 Å². The number of carbonyl (C=O) groups is 3. The molecule has 0 atom stereocenters. The molecule has 1 aromatic heterocycles. The van der Waals surface area contributed by atoms with Gasteiger partial charge in [0.05, 0.1) is 11.4 Å². The second-order valence-electron chi connectivity index (χ2n) is 8.51. The van der Waals surface area contributed by atoms with E-state index in [0.29, 0.717) is 52.0 Å². The zero-order valence-corrected chi connectivity index (χ0v) is 19.2. The number of fused-ring (bicyclic) bond motifs is 2. The van der Waals surface area contributed by atoms with Crippen molar-refractivity contribution in [1.82, 2.24) is 19.7 Å². The van der Waals surface area contributed by atoms with E-state index in [4.69, 9.17) is 20.3 Å². The van der Waals surface area contributed by atoms with Crippen molar-refractivity contribution in [3.63, 3.8) is 0 Å². The number of nitrogens with zero attached hydrogens (tertiary/aromatic N) is 4. The Morgan fingerprint density at radius 3 is 1.42 bits per heavy atom. The second-order valence-corrected chi connectivity index (χ2v) is 8.51. The summed E-state index contributed by atoms with van der Waals surface area (Å²) in [7, 11) is 0. The summed E-state index contributed by atoms with van der Waals surface area (Å²) in [6, 6.07) is 5.92. The van der Waals surface area contributed by atoms with Crippen LogP contribution in [0.5, 0.6) is 0 Å². The lowest BCUT2D eigenvalue weighted by Gasteiger charge is -2.31. The average molecular weight is 465 g/mol. The average Bonchev–Trinajstić information content (AvgIpc) is 2.73. The van der Waals surface area contributed by atoms with Crippen LogP contribution in [0, 0.1) is 0 Å². The smallest absolute Gasteiger partial charge is 0.303 e. The molecule has 184 valence electrons. The summed E-state index contributed by atoms with van der Waals surface area (Å²) in [5.41, 5.74) is 1.85. The van der Waals surface area contributed by atoms with Crippen molar-refractivity contribution in [3.05, 3.63) is 29.6 Å². The van der Waals surface area contributed by atoms with Gasteiger partial charge in [-0.15, -0.1) is 0 Å². The fraction of sp³-hybridized carbons (Fsp3) is 0.652. The van der Waals surface area contributed by atoms with Crippen LogP contribution in [-0.4, -0.2) is 98.7 Å². The Hall–Kier alpha value is -2.56. The van der Waals surface area contributed by atoms with Gasteiger partial charge in [-0.05, 0) is 51.0 Å². The molecular formula is C23H36N4O6. The number of aliphatic carboxylic acids is 3. The largest absolute Gasteiger partial charge is 0.481 e. The molecule has 0 amide bonds. The molecule has 1 aromatic rings. The summed E-state index contributed by atoms with van der Waals surface area (Å²) in [6.45, 7) is 6.18. The van der Waals surface area contributed by atoms with Crippen LogP contribution < -0.4 is 0 Å². The van der Waals surface area contributed by atoms with Gasteiger partial charge >= 0.3 is 17.9 Å². The van der Waals surface area contributed by atoms with Gasteiger partial charge in [0.15, 0.2) is 0 Å². The Kier molecular flexibility index (Phi) is 11.8. The van der Waals surface area contributed by atoms with Crippen molar-refractivity contribution in [2.45, 2.75) is 51.6 Å². The first kappa shape index (κ1) is 26.7. The Balaban J connectivity index is 2.12. The highest BCUT2D eigenvalue weighted by molar-refractivity contribution is 5.67. The number of carboxylic acids is 3. The van der Waals surface area contributed by atoms with Crippen LogP contribution in [0.15, 0.2) is 18.2 Å². The minimum atomic E-state index is -0.806. The van der Waals surface area contributed by atoms with E-state index in [-0.39, 0.29) is 19.3 Å². The predicted octanol–water partition coefficient (Wildman–Crippen LogP) is 1.60. The van der Waals surface area contributed by atoms with Crippen molar-refractivity contribution in [2.75, 3.05) is 45.8 Å². The van der Waals surface area contributed by atoms with Crippen molar-refractivity contribution in [3.8, 4) is 0 Å². The van der Waals surface area contributed by atoms with E-state index >= 15 is 0 Å². The van der Waals surface area contributed by atoms with E-state index in [0.717, 1.165) is 37.6 Å². The fourth-order valence-electron chi connectivity index (χ4n) is 3.97. The first-order valence-electron chi connectivity index (χ1n) is 11.6. The molecule has 0 radical (unpaired) electrons. The summed E-state index contributed by atoms with van der Waals surface area (Å²) in [5.74, 6) is -2.41. The SMILES string of the molecule is O=C(O)CCCN1CCN(CCCC(=O)O)Cc2cccc(n2)CN(CCCC(=O)O)CC1. The van der Waals surface area contributed by atoms with Crippen LogP contribution in [0.3, 0.4) is 0 Å². The highest BCUT2D eigenvalue weighted by Gasteiger charge is 2.16. The summed E-state index contributed by atoms with van der Waals surface area (Å²) in [4.78, 5) is 44.3. The fourth-order valence-corrected chi connectivity index (χ4v) is 3.97.